The Labute approximate surface area is 126 Å². The number of aromatic nitrogens is 3. The molecular weight excluding hydrogens is 286 g/mol. The van der Waals surface area contributed by atoms with Gasteiger partial charge in [0.15, 0.2) is 10.9 Å². The maximum Gasteiger partial charge on any atom is 0.344 e. The summed E-state index contributed by atoms with van der Waals surface area (Å²) in [5.74, 6) is 0.358. The van der Waals surface area contributed by atoms with Crippen LogP contribution in [0, 0.1) is 13.8 Å². The molecule has 0 atom stereocenters. The second kappa shape index (κ2) is 5.52. The lowest BCUT2D eigenvalue weighted by Crippen LogP contribution is -2.16. The Bertz CT molecular complexity index is 744. The molecule has 0 bridgehead atoms. The summed E-state index contributed by atoms with van der Waals surface area (Å²) < 4.78 is 1.67. The van der Waals surface area contributed by atoms with Crippen LogP contribution in [0.15, 0.2) is 28.2 Å². The Morgan fingerprint density at radius 3 is 2.86 bits per heavy atom. The fourth-order valence-corrected chi connectivity index (χ4v) is 3.28. The van der Waals surface area contributed by atoms with E-state index in [1.54, 1.807) is 4.57 Å². The number of nitrogens with one attached hydrogen (secondary N) is 1. The van der Waals surface area contributed by atoms with E-state index < -0.39 is 0 Å². The smallest absolute Gasteiger partial charge is 0.293 e. The summed E-state index contributed by atoms with van der Waals surface area (Å²) in [6.07, 6.45) is 2.02. The second-order valence-corrected chi connectivity index (χ2v) is 6.39. The van der Waals surface area contributed by atoms with Crippen LogP contribution < -0.4 is 5.69 Å². The van der Waals surface area contributed by atoms with Crippen molar-refractivity contribution in [1.82, 2.24) is 14.8 Å². The highest BCUT2D eigenvalue weighted by Crippen LogP contribution is 2.36. The van der Waals surface area contributed by atoms with E-state index in [-0.39, 0.29) is 17.5 Å². The Morgan fingerprint density at radius 2 is 2.19 bits per heavy atom. The Morgan fingerprint density at radius 1 is 1.43 bits per heavy atom. The molecule has 21 heavy (non-hydrogen) atoms. The molecule has 1 fully saturated rings. The third kappa shape index (κ3) is 2.95. The predicted molar refractivity (Wildman–Crippen MR) is 82.1 cm³/mol. The van der Waals surface area contributed by atoms with Crippen LogP contribution in [0.25, 0.3) is 0 Å². The predicted octanol–water partition coefficient (Wildman–Crippen LogP) is 2.50. The van der Waals surface area contributed by atoms with E-state index in [1.807, 2.05) is 32.0 Å². The van der Waals surface area contributed by atoms with Crippen molar-refractivity contribution >= 4 is 17.5 Å². The number of benzene rings is 1. The van der Waals surface area contributed by atoms with Crippen LogP contribution >= 0.6 is 11.8 Å². The molecule has 0 aliphatic heterocycles. The molecule has 0 spiro atoms. The van der Waals surface area contributed by atoms with Crippen molar-refractivity contribution in [2.24, 2.45) is 0 Å². The lowest BCUT2D eigenvalue weighted by atomic mass is 10.0. The van der Waals surface area contributed by atoms with Gasteiger partial charge in [-0.2, -0.15) is 0 Å². The Balaban J connectivity index is 1.73. The van der Waals surface area contributed by atoms with Crippen molar-refractivity contribution in [3.63, 3.8) is 0 Å². The fraction of sp³-hybridized carbons (Fsp3) is 0.400. The van der Waals surface area contributed by atoms with Gasteiger partial charge in [-0.25, -0.2) is 9.89 Å². The molecule has 0 unspecified atom stereocenters. The number of aromatic amines is 1. The molecule has 1 aromatic carbocycles. The van der Waals surface area contributed by atoms with Crippen molar-refractivity contribution < 1.29 is 4.79 Å². The third-order valence-corrected chi connectivity index (χ3v) is 4.55. The molecule has 1 N–H and O–H groups in total. The SMILES string of the molecule is Cc1ccc(C(=O)CSc2n[nH]c(=O)n2C2CC2)c(C)c1. The lowest BCUT2D eigenvalue weighted by Gasteiger charge is -2.06. The number of Topliss-reactive ketones (excluding diaryl/α,β-unsaturated/α-hetero) is 1. The van der Waals surface area contributed by atoms with Crippen LogP contribution in [0.5, 0.6) is 0 Å². The standard InChI is InChI=1S/C15H17N3O2S/c1-9-3-6-12(10(2)7-9)13(19)8-21-15-17-16-14(20)18(15)11-4-5-11/h3,6-7,11H,4-5,8H2,1-2H3,(H,16,20). The van der Waals surface area contributed by atoms with E-state index in [1.165, 1.54) is 11.8 Å². The minimum atomic E-state index is -0.182. The van der Waals surface area contributed by atoms with Crippen molar-refractivity contribution in [2.75, 3.05) is 5.75 Å². The zero-order chi connectivity index (χ0) is 15.0. The van der Waals surface area contributed by atoms with Crippen LogP contribution in [0.3, 0.4) is 0 Å². The third-order valence-electron chi connectivity index (χ3n) is 3.60. The van der Waals surface area contributed by atoms with Gasteiger partial charge in [-0.1, -0.05) is 35.5 Å². The second-order valence-electron chi connectivity index (χ2n) is 5.44. The Kier molecular flexibility index (Phi) is 3.71. The number of H-pyrrole nitrogens is 1. The summed E-state index contributed by atoms with van der Waals surface area (Å²) in [5, 5.41) is 7.09. The van der Waals surface area contributed by atoms with E-state index in [2.05, 4.69) is 10.2 Å². The number of thioether (sulfide) groups is 1. The van der Waals surface area contributed by atoms with Crippen molar-refractivity contribution in [3.8, 4) is 0 Å². The molecule has 0 saturated heterocycles. The minimum Gasteiger partial charge on any atom is -0.293 e. The van der Waals surface area contributed by atoms with Gasteiger partial charge in [-0.3, -0.25) is 9.36 Å². The van der Waals surface area contributed by atoms with Gasteiger partial charge in [0.25, 0.3) is 0 Å². The number of carbonyl (C=O) groups is 1. The number of ketones is 1. The van der Waals surface area contributed by atoms with Gasteiger partial charge < -0.3 is 0 Å². The first-order valence-corrected chi connectivity index (χ1v) is 7.95. The summed E-state index contributed by atoms with van der Waals surface area (Å²) in [7, 11) is 0. The van der Waals surface area contributed by atoms with Gasteiger partial charge in [-0.15, -0.1) is 5.10 Å². The topological polar surface area (TPSA) is 67.8 Å². The van der Waals surface area contributed by atoms with Crippen molar-refractivity contribution in [3.05, 3.63) is 45.4 Å². The highest BCUT2D eigenvalue weighted by Gasteiger charge is 2.28. The molecule has 1 aliphatic carbocycles. The first-order chi connectivity index (χ1) is 10.1. The summed E-state index contributed by atoms with van der Waals surface area (Å²) >= 11 is 1.32. The van der Waals surface area contributed by atoms with Gasteiger partial charge in [0.2, 0.25) is 0 Å². The summed E-state index contributed by atoms with van der Waals surface area (Å²) in [4.78, 5) is 24.0. The quantitative estimate of drug-likeness (QED) is 0.680. The molecular formula is C15H17N3O2S. The minimum absolute atomic E-state index is 0.0651. The van der Waals surface area contributed by atoms with Gasteiger partial charge in [-0.05, 0) is 32.3 Å². The molecule has 0 radical (unpaired) electrons. The first-order valence-electron chi connectivity index (χ1n) is 6.96. The number of rotatable bonds is 5. The number of carbonyl (C=O) groups excluding carboxylic acids is 1. The van der Waals surface area contributed by atoms with Gasteiger partial charge in [0.1, 0.15) is 0 Å². The maximum absolute atomic E-state index is 12.3. The summed E-state index contributed by atoms with van der Waals surface area (Å²) in [6.45, 7) is 3.95. The lowest BCUT2D eigenvalue weighted by molar-refractivity contribution is 0.102. The number of hydrogen-bond acceptors (Lipinski definition) is 4. The molecule has 110 valence electrons. The van der Waals surface area contributed by atoms with Crippen LogP contribution in [-0.2, 0) is 0 Å². The highest BCUT2D eigenvalue weighted by atomic mass is 32.2. The number of hydrogen-bond donors (Lipinski definition) is 1. The van der Waals surface area contributed by atoms with E-state index in [0.29, 0.717) is 10.9 Å². The van der Waals surface area contributed by atoms with Crippen LogP contribution in [0.2, 0.25) is 0 Å². The molecule has 1 aromatic heterocycles. The zero-order valence-electron chi connectivity index (χ0n) is 12.0. The molecule has 3 rings (SSSR count). The largest absolute Gasteiger partial charge is 0.344 e. The van der Waals surface area contributed by atoms with Crippen molar-refractivity contribution in [1.29, 1.82) is 0 Å². The average Bonchev–Trinajstić information content (AvgIpc) is 3.20. The summed E-state index contributed by atoms with van der Waals surface area (Å²) in [5.41, 5.74) is 2.69. The first kappa shape index (κ1) is 14.1. The van der Waals surface area contributed by atoms with Crippen LogP contribution in [0.1, 0.15) is 40.4 Å². The van der Waals surface area contributed by atoms with E-state index >= 15 is 0 Å². The molecule has 1 aliphatic rings. The molecule has 1 heterocycles. The van der Waals surface area contributed by atoms with Gasteiger partial charge in [0, 0.05) is 11.6 Å². The van der Waals surface area contributed by atoms with Crippen LogP contribution in [-0.4, -0.2) is 26.3 Å². The Hall–Kier alpha value is -1.82. The maximum atomic E-state index is 12.3. The van der Waals surface area contributed by atoms with Crippen LogP contribution in [0.4, 0.5) is 0 Å². The average molecular weight is 303 g/mol. The normalized spacial score (nSPS) is 14.4. The fourth-order valence-electron chi connectivity index (χ4n) is 2.38. The molecule has 2 aromatic rings. The van der Waals surface area contributed by atoms with Crippen molar-refractivity contribution in [2.45, 2.75) is 37.9 Å². The molecule has 1 saturated carbocycles. The number of aryl methyl sites for hydroxylation is 2. The van der Waals surface area contributed by atoms with Gasteiger partial charge in [0.05, 0.1) is 5.75 Å². The monoisotopic (exact) mass is 303 g/mol. The van der Waals surface area contributed by atoms with E-state index in [0.717, 1.165) is 29.5 Å². The van der Waals surface area contributed by atoms with Gasteiger partial charge >= 0.3 is 5.69 Å². The van der Waals surface area contributed by atoms with E-state index in [9.17, 15) is 9.59 Å². The summed E-state index contributed by atoms with van der Waals surface area (Å²) in [6, 6.07) is 6.08. The number of nitrogens with zero attached hydrogens (tertiary/aromatic N) is 2. The molecule has 6 heteroatoms. The van der Waals surface area contributed by atoms with E-state index in [4.69, 9.17) is 0 Å². The highest BCUT2D eigenvalue weighted by molar-refractivity contribution is 7.99. The molecule has 0 amide bonds. The zero-order valence-corrected chi connectivity index (χ0v) is 12.9. The molecule has 5 nitrogen and oxygen atoms in total.